The second kappa shape index (κ2) is 7.52. The Labute approximate surface area is 130 Å². The number of nitrogens with zero attached hydrogens (tertiary/aromatic N) is 1. The maximum atomic E-state index is 11.6. The van der Waals surface area contributed by atoms with E-state index in [2.05, 4.69) is 38.4 Å². The largest absolute Gasteiger partial charge is 0.330 e. The van der Waals surface area contributed by atoms with Gasteiger partial charge in [0.25, 0.3) is 0 Å². The Morgan fingerprint density at radius 3 is 3.05 bits per heavy atom. The Morgan fingerprint density at radius 1 is 1.45 bits per heavy atom. The number of hydrogen-bond donors (Lipinski definition) is 2. The topological polar surface area (TPSA) is 68.0 Å². The van der Waals surface area contributed by atoms with Gasteiger partial charge < -0.3 is 11.1 Å². The minimum absolute atomic E-state index is 0.0289. The summed E-state index contributed by atoms with van der Waals surface area (Å²) in [5, 5.41) is 3.45. The summed E-state index contributed by atoms with van der Waals surface area (Å²) in [7, 11) is 0. The molecule has 0 radical (unpaired) electrons. The number of carbonyl (C=O) groups excluding carboxylic acids is 1. The second-order valence-corrected chi connectivity index (χ2v) is 6.41. The fourth-order valence-electron chi connectivity index (χ4n) is 1.74. The first kappa shape index (κ1) is 15.2. The Bertz CT molecular complexity index is 585. The van der Waals surface area contributed by atoms with Crippen LogP contribution in [0.15, 0.2) is 34.9 Å². The van der Waals surface area contributed by atoms with Gasteiger partial charge in [0.2, 0.25) is 5.91 Å². The number of amides is 1. The van der Waals surface area contributed by atoms with Gasteiger partial charge in [-0.15, -0.1) is 11.3 Å². The van der Waals surface area contributed by atoms with Crippen LogP contribution >= 0.6 is 27.3 Å². The number of hydrogen-bond acceptors (Lipinski definition) is 4. The number of benzene rings is 1. The Hall–Kier alpha value is -1.24. The molecule has 106 valence electrons. The molecule has 0 bridgehead atoms. The highest BCUT2D eigenvalue weighted by Crippen LogP contribution is 2.22. The molecule has 0 saturated heterocycles. The number of thiazole rings is 1. The number of anilines is 1. The van der Waals surface area contributed by atoms with E-state index < -0.39 is 0 Å². The standard InChI is InChI=1S/C14H16BrN3OS/c15-11-4-1-3-10(7-11)8-12-9-17-14(20-12)18-13(19)5-2-6-16/h1,3-4,7,9H,2,5-6,8,16H2,(H,17,18,19). The predicted molar refractivity (Wildman–Crippen MR) is 86.0 cm³/mol. The second-order valence-electron chi connectivity index (χ2n) is 4.38. The van der Waals surface area contributed by atoms with Gasteiger partial charge in [0.15, 0.2) is 5.13 Å². The van der Waals surface area contributed by atoms with Gasteiger partial charge in [0.05, 0.1) is 0 Å². The molecule has 20 heavy (non-hydrogen) atoms. The van der Waals surface area contributed by atoms with Gasteiger partial charge in [-0.3, -0.25) is 4.79 Å². The average Bonchev–Trinajstić information content (AvgIpc) is 2.83. The van der Waals surface area contributed by atoms with E-state index in [0.717, 1.165) is 15.8 Å². The monoisotopic (exact) mass is 353 g/mol. The van der Waals surface area contributed by atoms with Crippen molar-refractivity contribution in [1.29, 1.82) is 0 Å². The summed E-state index contributed by atoms with van der Waals surface area (Å²) < 4.78 is 1.06. The van der Waals surface area contributed by atoms with Crippen LogP contribution in [-0.4, -0.2) is 17.4 Å². The molecule has 1 aromatic heterocycles. The average molecular weight is 354 g/mol. The third-order valence-electron chi connectivity index (χ3n) is 2.68. The zero-order chi connectivity index (χ0) is 14.4. The maximum Gasteiger partial charge on any atom is 0.226 e. The van der Waals surface area contributed by atoms with E-state index in [1.54, 1.807) is 0 Å². The van der Waals surface area contributed by atoms with Crippen molar-refractivity contribution >= 4 is 38.3 Å². The van der Waals surface area contributed by atoms with Gasteiger partial charge in [-0.1, -0.05) is 28.1 Å². The first-order chi connectivity index (χ1) is 9.67. The quantitative estimate of drug-likeness (QED) is 0.837. The normalized spacial score (nSPS) is 10.5. The van der Waals surface area contributed by atoms with Gasteiger partial charge in [0, 0.05) is 28.4 Å². The summed E-state index contributed by atoms with van der Waals surface area (Å²) in [5.41, 5.74) is 6.59. The third-order valence-corrected chi connectivity index (χ3v) is 4.08. The summed E-state index contributed by atoms with van der Waals surface area (Å²) >= 11 is 4.96. The number of aromatic nitrogens is 1. The number of halogens is 1. The number of carbonyl (C=O) groups is 1. The van der Waals surface area contributed by atoms with Gasteiger partial charge in [-0.2, -0.15) is 0 Å². The summed E-state index contributed by atoms with van der Waals surface area (Å²) in [6, 6.07) is 8.17. The molecule has 2 aromatic rings. The van der Waals surface area contributed by atoms with Crippen molar-refractivity contribution in [3.8, 4) is 0 Å². The summed E-state index contributed by atoms with van der Waals surface area (Å²) in [6.45, 7) is 0.527. The lowest BCUT2D eigenvalue weighted by atomic mass is 10.1. The highest BCUT2D eigenvalue weighted by Gasteiger charge is 2.07. The van der Waals surface area contributed by atoms with Crippen molar-refractivity contribution in [3.63, 3.8) is 0 Å². The number of nitrogens with two attached hydrogens (primary N) is 1. The Morgan fingerprint density at radius 2 is 2.30 bits per heavy atom. The summed E-state index contributed by atoms with van der Waals surface area (Å²) in [4.78, 5) is 16.9. The van der Waals surface area contributed by atoms with Crippen LogP contribution in [0, 0.1) is 0 Å². The number of nitrogens with one attached hydrogen (secondary N) is 1. The highest BCUT2D eigenvalue weighted by atomic mass is 79.9. The molecule has 0 aliphatic heterocycles. The fraction of sp³-hybridized carbons (Fsp3) is 0.286. The van der Waals surface area contributed by atoms with Crippen LogP contribution in [0.3, 0.4) is 0 Å². The molecule has 1 amide bonds. The minimum Gasteiger partial charge on any atom is -0.330 e. The first-order valence-corrected chi connectivity index (χ1v) is 7.97. The first-order valence-electron chi connectivity index (χ1n) is 6.36. The zero-order valence-corrected chi connectivity index (χ0v) is 13.3. The van der Waals surface area contributed by atoms with Crippen LogP contribution in [0.2, 0.25) is 0 Å². The minimum atomic E-state index is -0.0289. The molecule has 6 heteroatoms. The molecule has 0 fully saturated rings. The SMILES string of the molecule is NCCCC(=O)Nc1ncc(Cc2cccc(Br)c2)s1. The van der Waals surface area contributed by atoms with E-state index in [1.165, 1.54) is 16.9 Å². The molecular weight excluding hydrogens is 338 g/mol. The highest BCUT2D eigenvalue weighted by molar-refractivity contribution is 9.10. The summed E-state index contributed by atoms with van der Waals surface area (Å²) in [5.74, 6) is -0.0289. The van der Waals surface area contributed by atoms with Crippen molar-refractivity contribution in [2.75, 3.05) is 11.9 Å². The van der Waals surface area contributed by atoms with E-state index in [4.69, 9.17) is 5.73 Å². The number of rotatable bonds is 6. The van der Waals surface area contributed by atoms with E-state index >= 15 is 0 Å². The molecule has 0 atom stereocenters. The van der Waals surface area contributed by atoms with Crippen molar-refractivity contribution in [2.45, 2.75) is 19.3 Å². The van der Waals surface area contributed by atoms with Crippen molar-refractivity contribution in [1.82, 2.24) is 4.98 Å². The molecule has 2 rings (SSSR count). The molecule has 0 spiro atoms. The van der Waals surface area contributed by atoms with Crippen LogP contribution < -0.4 is 11.1 Å². The van der Waals surface area contributed by atoms with Crippen LogP contribution in [0.5, 0.6) is 0 Å². The van der Waals surface area contributed by atoms with E-state index in [1.807, 2.05) is 18.3 Å². The molecule has 4 nitrogen and oxygen atoms in total. The van der Waals surface area contributed by atoms with Crippen LogP contribution in [0.25, 0.3) is 0 Å². The van der Waals surface area contributed by atoms with E-state index in [0.29, 0.717) is 24.5 Å². The molecule has 3 N–H and O–H groups in total. The predicted octanol–water partition coefficient (Wildman–Crippen LogP) is 3.17. The van der Waals surface area contributed by atoms with E-state index in [-0.39, 0.29) is 5.91 Å². The molecule has 0 aliphatic carbocycles. The lowest BCUT2D eigenvalue weighted by Crippen LogP contribution is -2.13. The van der Waals surface area contributed by atoms with Crippen molar-refractivity contribution in [3.05, 3.63) is 45.4 Å². The molecule has 0 aliphatic rings. The maximum absolute atomic E-state index is 11.6. The van der Waals surface area contributed by atoms with Gasteiger partial charge in [-0.25, -0.2) is 4.98 Å². The summed E-state index contributed by atoms with van der Waals surface area (Å²) in [6.07, 6.45) is 3.76. The lowest BCUT2D eigenvalue weighted by molar-refractivity contribution is -0.116. The lowest BCUT2D eigenvalue weighted by Gasteiger charge is -2.00. The molecule has 0 unspecified atom stereocenters. The van der Waals surface area contributed by atoms with Gasteiger partial charge in [-0.05, 0) is 30.7 Å². The van der Waals surface area contributed by atoms with Crippen LogP contribution in [0.4, 0.5) is 5.13 Å². The van der Waals surface area contributed by atoms with E-state index in [9.17, 15) is 4.79 Å². The Balaban J connectivity index is 1.93. The smallest absolute Gasteiger partial charge is 0.226 e. The molecule has 1 aromatic carbocycles. The molecule has 1 heterocycles. The van der Waals surface area contributed by atoms with Crippen molar-refractivity contribution < 1.29 is 4.79 Å². The molecular formula is C14H16BrN3OS. The van der Waals surface area contributed by atoms with Crippen molar-refractivity contribution in [2.24, 2.45) is 5.73 Å². The zero-order valence-electron chi connectivity index (χ0n) is 10.9. The van der Waals surface area contributed by atoms with Crippen LogP contribution in [0.1, 0.15) is 23.3 Å². The third kappa shape index (κ3) is 4.70. The van der Waals surface area contributed by atoms with Crippen LogP contribution in [-0.2, 0) is 11.2 Å². The molecule has 0 saturated carbocycles. The Kier molecular flexibility index (Phi) is 5.70. The van der Waals surface area contributed by atoms with Gasteiger partial charge in [0.1, 0.15) is 0 Å². The fourth-order valence-corrected chi connectivity index (χ4v) is 3.05. The van der Waals surface area contributed by atoms with Gasteiger partial charge >= 0.3 is 0 Å².